The van der Waals surface area contributed by atoms with E-state index in [4.69, 9.17) is 9.47 Å². The number of thiocarbonyl (C=S) groups is 1. The van der Waals surface area contributed by atoms with Crippen LogP contribution in [0.5, 0.6) is 0 Å². The highest BCUT2D eigenvalue weighted by Gasteiger charge is 2.45. The van der Waals surface area contributed by atoms with E-state index in [0.717, 1.165) is 54.9 Å². The first kappa shape index (κ1) is 44.2. The number of nitrogens with zero attached hydrogens (tertiary/aromatic N) is 3. The van der Waals surface area contributed by atoms with Crippen LogP contribution in [0.1, 0.15) is 84.4 Å². The van der Waals surface area contributed by atoms with E-state index in [1.54, 1.807) is 24.3 Å². The largest absolute Gasteiger partial charge is 0.726 e. The van der Waals surface area contributed by atoms with Crippen LogP contribution in [0.25, 0.3) is 11.0 Å². The predicted octanol–water partition coefficient (Wildman–Crippen LogP) is 5.85. The Morgan fingerprint density at radius 2 is 1.44 bits per heavy atom. The summed E-state index contributed by atoms with van der Waals surface area (Å²) in [6, 6.07) is 6.79. The zero-order chi connectivity index (χ0) is 34.9. The van der Waals surface area contributed by atoms with E-state index in [1.807, 2.05) is 0 Å². The first-order valence-electron chi connectivity index (χ1n) is 14.4. The van der Waals surface area contributed by atoms with Gasteiger partial charge < -0.3 is 14.0 Å². The van der Waals surface area contributed by atoms with Crippen molar-refractivity contribution >= 4 is 50.8 Å². The van der Waals surface area contributed by atoms with Crippen LogP contribution in [0.2, 0.25) is 0 Å². The summed E-state index contributed by atoms with van der Waals surface area (Å²) < 4.78 is 81.0. The summed E-state index contributed by atoms with van der Waals surface area (Å²) in [4.78, 5) is 24.5. The minimum atomic E-state index is -4.41. The van der Waals surface area contributed by atoms with Gasteiger partial charge in [0.25, 0.3) is 0 Å². The lowest BCUT2D eigenvalue weighted by Crippen LogP contribution is -2.37. The standard InChI is InChI=1S/C10H10F3N2.C9H15NO2S.C9H18O2.CH4O4S/c1-14-7-5-3-4-6-8(7)15(2)9(14)10(11,12)13;1-9(11)12-7-5-3-2-4-6-10-8-13;1-3-4-5-6-7-8-11-9(2)10;1-5-6(2,3)4/h3-6H,1-2H3;2-7H2,1H3;3-8H2,1-2H3;1H3,(H,2,3,4)/q+1;;;/p-1. The molecule has 45 heavy (non-hydrogen) atoms. The number of aryl methyl sites for hydroxylation is 2. The van der Waals surface area contributed by atoms with Crippen LogP contribution in [-0.2, 0) is 53.9 Å². The molecule has 258 valence electrons. The molecule has 1 heterocycles. The normalized spacial score (nSPS) is 10.6. The number of carbonyl (C=O) groups is 2. The number of isothiocyanates is 1. The summed E-state index contributed by atoms with van der Waals surface area (Å²) >= 11 is 4.43. The van der Waals surface area contributed by atoms with Crippen LogP contribution in [0.4, 0.5) is 13.2 Å². The fourth-order valence-electron chi connectivity index (χ4n) is 3.69. The van der Waals surface area contributed by atoms with Gasteiger partial charge in [-0.15, -0.1) is 0 Å². The van der Waals surface area contributed by atoms with E-state index in [0.29, 0.717) is 24.2 Å². The Bertz CT molecular complexity index is 1230. The van der Waals surface area contributed by atoms with E-state index < -0.39 is 22.4 Å². The number of aromatic nitrogens is 2. The molecule has 16 heteroatoms. The molecule has 2 rings (SSSR count). The highest BCUT2D eigenvalue weighted by atomic mass is 32.3. The van der Waals surface area contributed by atoms with Crippen molar-refractivity contribution in [1.29, 1.82) is 0 Å². The molecule has 0 fully saturated rings. The lowest BCUT2D eigenvalue weighted by Gasteiger charge is -2.01. The maximum atomic E-state index is 12.7. The van der Waals surface area contributed by atoms with Crippen molar-refractivity contribution in [2.75, 3.05) is 26.9 Å². The van der Waals surface area contributed by atoms with Crippen molar-refractivity contribution in [1.82, 2.24) is 4.57 Å². The summed E-state index contributed by atoms with van der Waals surface area (Å²) in [6.07, 6.45) is 5.81. The number of esters is 2. The third-order valence-electron chi connectivity index (χ3n) is 5.78. The summed E-state index contributed by atoms with van der Waals surface area (Å²) in [6.45, 7) is 6.95. The fourth-order valence-corrected chi connectivity index (χ4v) is 3.79. The van der Waals surface area contributed by atoms with Crippen LogP contribution in [0.15, 0.2) is 29.3 Å². The van der Waals surface area contributed by atoms with Gasteiger partial charge in [-0.1, -0.05) is 51.2 Å². The SMILES string of the molecule is CC(=O)OCCCCCCN=C=S.CCCCCCCOC(C)=O.COS(=O)(=O)[O-].Cn1c(C(F)(F)F)[n+](C)c2ccccc21. The number of fused-ring (bicyclic) bond motifs is 1. The van der Waals surface area contributed by atoms with Crippen LogP contribution >= 0.6 is 12.2 Å². The third kappa shape index (κ3) is 24.1. The average molecular weight is 686 g/mol. The summed E-state index contributed by atoms with van der Waals surface area (Å²) in [5.74, 6) is -1.02. The molecule has 0 aliphatic rings. The lowest BCUT2D eigenvalue weighted by atomic mass is 10.2. The monoisotopic (exact) mass is 685 g/mol. The molecule has 2 aromatic rings. The molecule has 0 bridgehead atoms. The molecule has 0 aliphatic heterocycles. The van der Waals surface area contributed by atoms with E-state index in [-0.39, 0.29) is 11.9 Å². The lowest BCUT2D eigenvalue weighted by molar-refractivity contribution is -0.667. The first-order valence-corrected chi connectivity index (χ1v) is 16.1. The number of hydrogen-bond acceptors (Lipinski definition) is 10. The smallest absolute Gasteiger partial charge is 0.495 e. The van der Waals surface area contributed by atoms with Crippen molar-refractivity contribution in [2.45, 2.75) is 84.7 Å². The van der Waals surface area contributed by atoms with Crippen molar-refractivity contribution < 1.29 is 54.0 Å². The van der Waals surface area contributed by atoms with Gasteiger partial charge in [0.2, 0.25) is 10.4 Å². The second-order valence-corrected chi connectivity index (χ2v) is 10.8. The molecule has 0 unspecified atom stereocenters. The minimum Gasteiger partial charge on any atom is -0.726 e. The number of halogens is 3. The highest BCUT2D eigenvalue weighted by Crippen LogP contribution is 2.29. The number of aliphatic imine (C=N–C) groups is 1. The van der Waals surface area contributed by atoms with E-state index in [2.05, 4.69) is 33.5 Å². The second-order valence-electron chi connectivity index (χ2n) is 9.48. The van der Waals surface area contributed by atoms with Crippen molar-refractivity contribution in [3.05, 3.63) is 30.1 Å². The Morgan fingerprint density at radius 1 is 0.978 bits per heavy atom. The maximum absolute atomic E-state index is 12.7. The number of hydrogen-bond donors (Lipinski definition) is 0. The number of imidazole rings is 1. The zero-order valence-electron chi connectivity index (χ0n) is 26.9. The summed E-state index contributed by atoms with van der Waals surface area (Å²) in [7, 11) is -0.761. The van der Waals surface area contributed by atoms with Crippen molar-refractivity contribution in [3.8, 4) is 0 Å². The van der Waals surface area contributed by atoms with Crippen LogP contribution in [0, 0.1) is 0 Å². The molecular weight excluding hydrogens is 639 g/mol. The topological polar surface area (TPSA) is 140 Å². The number of rotatable bonds is 14. The number of unbranched alkanes of at least 4 members (excludes halogenated alkanes) is 7. The van der Waals surface area contributed by atoms with Crippen LogP contribution < -0.4 is 4.57 Å². The van der Waals surface area contributed by atoms with Gasteiger partial charge in [-0.3, -0.25) is 13.8 Å². The Hall–Kier alpha value is -2.91. The van der Waals surface area contributed by atoms with Crippen LogP contribution in [-0.4, -0.2) is 61.5 Å². The van der Waals surface area contributed by atoms with Crippen molar-refractivity contribution in [2.24, 2.45) is 19.1 Å². The van der Waals surface area contributed by atoms with E-state index in [1.165, 1.54) is 53.6 Å². The molecule has 0 saturated heterocycles. The third-order valence-corrected chi connectivity index (χ3v) is 6.32. The number of para-hydroxylation sites is 2. The molecule has 0 aliphatic carbocycles. The molecule has 0 amide bonds. The van der Waals surface area contributed by atoms with Gasteiger partial charge in [-0.25, -0.2) is 22.5 Å². The van der Waals surface area contributed by atoms with Gasteiger partial charge in [0.05, 0.1) is 39.6 Å². The zero-order valence-corrected chi connectivity index (χ0v) is 28.5. The molecule has 0 radical (unpaired) electrons. The van der Waals surface area contributed by atoms with Crippen molar-refractivity contribution in [3.63, 3.8) is 0 Å². The minimum absolute atomic E-state index is 0.166. The summed E-state index contributed by atoms with van der Waals surface area (Å²) in [5, 5.41) is 2.32. The molecular formula is C29H46F3N3O8S2. The van der Waals surface area contributed by atoms with Gasteiger partial charge in [-0.05, 0) is 50.0 Å². The number of benzene rings is 1. The molecule has 1 aromatic heterocycles. The fraction of sp³-hybridized carbons (Fsp3) is 0.655. The highest BCUT2D eigenvalue weighted by molar-refractivity contribution is 7.80. The Labute approximate surface area is 269 Å². The number of carbonyl (C=O) groups excluding carboxylic acids is 2. The molecule has 0 atom stereocenters. The molecule has 0 N–H and O–H groups in total. The predicted molar refractivity (Wildman–Crippen MR) is 166 cm³/mol. The molecule has 0 saturated carbocycles. The van der Waals surface area contributed by atoms with Gasteiger partial charge in [0.1, 0.15) is 0 Å². The Kier molecular flexibility index (Phi) is 24.9. The van der Waals surface area contributed by atoms with E-state index in [9.17, 15) is 35.7 Å². The maximum Gasteiger partial charge on any atom is 0.495 e. The van der Waals surface area contributed by atoms with Gasteiger partial charge >= 0.3 is 23.9 Å². The molecule has 1 aromatic carbocycles. The van der Waals surface area contributed by atoms with Gasteiger partial charge in [-0.2, -0.15) is 13.2 Å². The number of ether oxygens (including phenoxy) is 2. The van der Waals surface area contributed by atoms with Gasteiger partial charge in [0.15, 0.2) is 11.0 Å². The quantitative estimate of drug-likeness (QED) is 0.0456. The Morgan fingerprint density at radius 3 is 1.84 bits per heavy atom. The molecule has 0 spiro atoms. The average Bonchev–Trinajstić information content (AvgIpc) is 3.22. The summed E-state index contributed by atoms with van der Waals surface area (Å²) in [5.41, 5.74) is 1.15. The second kappa shape index (κ2) is 25.3. The first-order chi connectivity index (χ1) is 21.0. The van der Waals surface area contributed by atoms with E-state index >= 15 is 0 Å². The Balaban J connectivity index is 0. The number of alkyl halides is 3. The van der Waals surface area contributed by atoms with Crippen LogP contribution in [0.3, 0.4) is 0 Å². The van der Waals surface area contributed by atoms with Gasteiger partial charge in [0, 0.05) is 20.4 Å². The molecule has 11 nitrogen and oxygen atoms in total.